The van der Waals surface area contributed by atoms with Crippen LogP contribution in [0, 0.1) is 6.92 Å². The largest absolute Gasteiger partial charge is 0.338 e. The van der Waals surface area contributed by atoms with Crippen LogP contribution in [-0.4, -0.2) is 16.7 Å². The predicted octanol–water partition coefficient (Wildman–Crippen LogP) is 0.969. The molecule has 64 valence electrons. The molecule has 0 amide bonds. The van der Waals surface area contributed by atoms with Gasteiger partial charge in [0.15, 0.2) is 5.82 Å². The van der Waals surface area contributed by atoms with Crippen LogP contribution >= 0.6 is 0 Å². The van der Waals surface area contributed by atoms with Crippen LogP contribution in [0.15, 0.2) is 16.7 Å². The highest BCUT2D eigenvalue weighted by molar-refractivity contribution is 5.10. The second kappa shape index (κ2) is 2.71. The predicted molar refractivity (Wildman–Crippen MR) is 43.5 cm³/mol. The highest BCUT2D eigenvalue weighted by Crippen LogP contribution is 2.23. The molecule has 1 atom stereocenters. The van der Waals surface area contributed by atoms with Gasteiger partial charge in [-0.15, -0.1) is 0 Å². The second-order valence-corrected chi connectivity index (χ2v) is 3.07. The van der Waals surface area contributed by atoms with Crippen LogP contribution < -0.4 is 5.32 Å². The van der Waals surface area contributed by atoms with Crippen molar-refractivity contribution in [3.63, 3.8) is 0 Å². The number of nitrogens with zero attached hydrogens (tertiary/aromatic N) is 2. The van der Waals surface area contributed by atoms with Crippen molar-refractivity contribution in [1.82, 2.24) is 15.5 Å². The molecule has 4 heteroatoms. The molecule has 1 N–H and O–H groups in total. The molecular weight excluding hydrogens is 154 g/mol. The van der Waals surface area contributed by atoms with E-state index in [-0.39, 0.29) is 6.04 Å². The lowest BCUT2D eigenvalue weighted by Crippen LogP contribution is -2.13. The van der Waals surface area contributed by atoms with Gasteiger partial charge in [0.2, 0.25) is 5.89 Å². The zero-order chi connectivity index (χ0) is 8.55. The van der Waals surface area contributed by atoms with Gasteiger partial charge in [0.25, 0.3) is 0 Å². The third-order valence-corrected chi connectivity index (χ3v) is 1.93. The van der Waals surface area contributed by atoms with Crippen molar-refractivity contribution >= 4 is 0 Å². The molecule has 0 saturated carbocycles. The molecule has 0 unspecified atom stereocenters. The van der Waals surface area contributed by atoms with Gasteiger partial charge in [-0.2, -0.15) is 4.98 Å². The number of aromatic nitrogens is 2. The molecular formula is C8H11N3O. The van der Waals surface area contributed by atoms with E-state index in [0.717, 1.165) is 13.0 Å². The second-order valence-electron chi connectivity index (χ2n) is 3.07. The molecule has 1 aliphatic heterocycles. The average Bonchev–Trinajstić information content (AvgIpc) is 2.58. The minimum absolute atomic E-state index is 0.179. The number of rotatable bonds is 1. The fourth-order valence-electron chi connectivity index (χ4n) is 1.33. The number of aryl methyl sites for hydroxylation is 1. The van der Waals surface area contributed by atoms with Crippen molar-refractivity contribution in [1.29, 1.82) is 0 Å². The zero-order valence-electron chi connectivity index (χ0n) is 7.00. The molecule has 0 spiro atoms. The third-order valence-electron chi connectivity index (χ3n) is 1.93. The van der Waals surface area contributed by atoms with Crippen LogP contribution in [0.5, 0.6) is 0 Å². The topological polar surface area (TPSA) is 51.0 Å². The first kappa shape index (κ1) is 7.49. The maximum absolute atomic E-state index is 5.03. The number of hydrogen-bond acceptors (Lipinski definition) is 4. The molecule has 1 aromatic heterocycles. The smallest absolute Gasteiger partial charge is 0.244 e. The summed E-state index contributed by atoms with van der Waals surface area (Å²) in [5.41, 5.74) is 1.19. The molecule has 1 aromatic rings. The summed E-state index contributed by atoms with van der Waals surface area (Å²) in [5, 5.41) is 6.97. The quantitative estimate of drug-likeness (QED) is 0.630. The lowest BCUT2D eigenvalue weighted by molar-refractivity contribution is 0.343. The number of nitrogens with one attached hydrogen (secondary N) is 1. The maximum atomic E-state index is 5.03. The summed E-state index contributed by atoms with van der Waals surface area (Å²) in [6, 6.07) is 0.179. The van der Waals surface area contributed by atoms with Gasteiger partial charge < -0.3 is 9.84 Å². The van der Waals surface area contributed by atoms with Crippen molar-refractivity contribution in [3.8, 4) is 0 Å². The van der Waals surface area contributed by atoms with E-state index in [4.69, 9.17) is 4.52 Å². The highest BCUT2D eigenvalue weighted by Gasteiger charge is 2.23. The first-order valence-corrected chi connectivity index (χ1v) is 3.96. The van der Waals surface area contributed by atoms with Crippen LogP contribution in [0.1, 0.15) is 24.2 Å². The SMILES string of the molecule is C=C1CN[C@H](c2nc(C)no2)C1. The summed E-state index contributed by atoms with van der Waals surface area (Å²) in [6.07, 6.45) is 0.904. The van der Waals surface area contributed by atoms with Crippen molar-refractivity contribution in [3.05, 3.63) is 23.9 Å². The Morgan fingerprint density at radius 2 is 2.50 bits per heavy atom. The van der Waals surface area contributed by atoms with E-state index in [1.54, 1.807) is 0 Å². The van der Waals surface area contributed by atoms with E-state index in [0.29, 0.717) is 11.7 Å². The fourth-order valence-corrected chi connectivity index (χ4v) is 1.33. The van der Waals surface area contributed by atoms with Gasteiger partial charge in [-0.25, -0.2) is 0 Å². The highest BCUT2D eigenvalue weighted by atomic mass is 16.5. The Balaban J connectivity index is 2.15. The average molecular weight is 165 g/mol. The van der Waals surface area contributed by atoms with E-state index in [1.807, 2.05) is 6.92 Å². The lowest BCUT2D eigenvalue weighted by Gasteiger charge is -2.00. The molecule has 0 aromatic carbocycles. The molecule has 4 nitrogen and oxygen atoms in total. The van der Waals surface area contributed by atoms with Gasteiger partial charge in [0, 0.05) is 6.54 Å². The first-order chi connectivity index (χ1) is 5.75. The molecule has 0 radical (unpaired) electrons. The lowest BCUT2D eigenvalue weighted by atomic mass is 10.2. The summed E-state index contributed by atoms with van der Waals surface area (Å²) in [6.45, 7) is 6.55. The Kier molecular flexibility index (Phi) is 1.69. The van der Waals surface area contributed by atoms with Crippen LogP contribution in [0.2, 0.25) is 0 Å². The molecule has 12 heavy (non-hydrogen) atoms. The van der Waals surface area contributed by atoms with E-state index < -0.39 is 0 Å². The van der Waals surface area contributed by atoms with Gasteiger partial charge in [-0.1, -0.05) is 17.3 Å². The van der Waals surface area contributed by atoms with Gasteiger partial charge in [-0.3, -0.25) is 0 Å². The summed E-state index contributed by atoms with van der Waals surface area (Å²) in [7, 11) is 0. The van der Waals surface area contributed by atoms with Gasteiger partial charge in [0.1, 0.15) is 0 Å². The van der Waals surface area contributed by atoms with E-state index in [9.17, 15) is 0 Å². The van der Waals surface area contributed by atoms with E-state index in [1.165, 1.54) is 5.57 Å². The Hall–Kier alpha value is -1.16. The molecule has 1 fully saturated rings. The van der Waals surface area contributed by atoms with Crippen molar-refractivity contribution < 1.29 is 4.52 Å². The van der Waals surface area contributed by atoms with Gasteiger partial charge in [0.05, 0.1) is 6.04 Å². The van der Waals surface area contributed by atoms with Crippen LogP contribution in [0.4, 0.5) is 0 Å². The Labute approximate surface area is 70.7 Å². The molecule has 2 rings (SSSR count). The normalized spacial score (nSPS) is 23.4. The van der Waals surface area contributed by atoms with Crippen LogP contribution in [-0.2, 0) is 0 Å². The van der Waals surface area contributed by atoms with Crippen molar-refractivity contribution in [2.75, 3.05) is 6.54 Å². The third kappa shape index (κ3) is 1.25. The Bertz CT molecular complexity index is 305. The standard InChI is InChI=1S/C8H11N3O/c1-5-3-7(9-4-5)8-10-6(2)11-12-8/h7,9H,1,3-4H2,2H3/t7-/m0/s1. The van der Waals surface area contributed by atoms with E-state index >= 15 is 0 Å². The molecule has 1 aliphatic rings. The molecule has 1 saturated heterocycles. The Morgan fingerprint density at radius 3 is 3.00 bits per heavy atom. The monoisotopic (exact) mass is 165 g/mol. The summed E-state index contributed by atoms with van der Waals surface area (Å²) >= 11 is 0. The Morgan fingerprint density at radius 1 is 1.67 bits per heavy atom. The zero-order valence-corrected chi connectivity index (χ0v) is 7.00. The first-order valence-electron chi connectivity index (χ1n) is 3.96. The summed E-state index contributed by atoms with van der Waals surface area (Å²) in [5.74, 6) is 1.36. The van der Waals surface area contributed by atoms with Crippen molar-refractivity contribution in [2.24, 2.45) is 0 Å². The number of hydrogen-bond donors (Lipinski definition) is 1. The molecule has 0 aliphatic carbocycles. The minimum Gasteiger partial charge on any atom is -0.338 e. The summed E-state index contributed by atoms with van der Waals surface area (Å²) in [4.78, 5) is 4.15. The van der Waals surface area contributed by atoms with Gasteiger partial charge in [-0.05, 0) is 13.3 Å². The molecule has 2 heterocycles. The van der Waals surface area contributed by atoms with Crippen LogP contribution in [0.25, 0.3) is 0 Å². The van der Waals surface area contributed by atoms with Crippen LogP contribution in [0.3, 0.4) is 0 Å². The minimum atomic E-state index is 0.179. The van der Waals surface area contributed by atoms with Gasteiger partial charge >= 0.3 is 0 Å². The maximum Gasteiger partial charge on any atom is 0.244 e. The fraction of sp³-hybridized carbons (Fsp3) is 0.500. The molecule has 0 bridgehead atoms. The van der Waals surface area contributed by atoms with E-state index in [2.05, 4.69) is 22.0 Å². The van der Waals surface area contributed by atoms with Crippen molar-refractivity contribution in [2.45, 2.75) is 19.4 Å². The summed E-state index contributed by atoms with van der Waals surface area (Å²) < 4.78 is 5.03.